The summed E-state index contributed by atoms with van der Waals surface area (Å²) in [6.45, 7) is 12.5. The van der Waals surface area contributed by atoms with Crippen molar-refractivity contribution in [2.24, 2.45) is 5.73 Å². The summed E-state index contributed by atoms with van der Waals surface area (Å²) in [6.07, 6.45) is 0.102. The average molecular weight is 559 g/mol. The van der Waals surface area contributed by atoms with Gasteiger partial charge in [-0.05, 0) is 74.2 Å². The molecule has 216 valence electrons. The van der Waals surface area contributed by atoms with Crippen molar-refractivity contribution in [3.8, 4) is 0 Å². The highest BCUT2D eigenvalue weighted by Gasteiger charge is 2.37. The Morgan fingerprint density at radius 1 is 1.00 bits per heavy atom. The number of carbonyl (C=O) groups is 4. The van der Waals surface area contributed by atoms with Crippen molar-refractivity contribution in [1.82, 2.24) is 10.2 Å². The topological polar surface area (TPSA) is 131 Å². The molecule has 4 amide bonds. The van der Waals surface area contributed by atoms with Gasteiger partial charge in [0.25, 0.3) is 5.91 Å². The second-order valence-corrected chi connectivity index (χ2v) is 10.9. The molecule has 41 heavy (non-hydrogen) atoms. The number of ether oxygens (including phenoxy) is 1. The molecule has 0 aliphatic heterocycles. The maximum Gasteiger partial charge on any atom is 0.408 e. The number of nitrogens with one attached hydrogen (secondary N) is 2. The van der Waals surface area contributed by atoms with Crippen molar-refractivity contribution in [3.05, 3.63) is 90.0 Å². The number of nitrogens with zero attached hydrogens (tertiary/aromatic N) is 1. The van der Waals surface area contributed by atoms with Crippen LogP contribution in [0.1, 0.15) is 49.9 Å². The second-order valence-electron chi connectivity index (χ2n) is 10.9. The molecule has 3 aromatic rings. The first-order valence-electron chi connectivity index (χ1n) is 13.4. The zero-order valence-electron chi connectivity index (χ0n) is 24.2. The summed E-state index contributed by atoms with van der Waals surface area (Å²) >= 11 is 0. The molecule has 2 atom stereocenters. The maximum atomic E-state index is 14.0. The molecule has 0 saturated heterocycles. The Kier molecular flexibility index (Phi) is 9.89. The third kappa shape index (κ3) is 8.17. The van der Waals surface area contributed by atoms with Gasteiger partial charge in [0.05, 0.1) is 6.42 Å². The molecule has 0 saturated carbocycles. The van der Waals surface area contributed by atoms with Gasteiger partial charge in [0, 0.05) is 12.2 Å². The first-order valence-corrected chi connectivity index (χ1v) is 13.4. The number of primary amides is 1. The smallest absolute Gasteiger partial charge is 0.408 e. The molecule has 0 bridgehead atoms. The van der Waals surface area contributed by atoms with Gasteiger partial charge < -0.3 is 26.0 Å². The van der Waals surface area contributed by atoms with Crippen LogP contribution in [0.3, 0.4) is 0 Å². The van der Waals surface area contributed by atoms with E-state index in [2.05, 4.69) is 17.2 Å². The molecular formula is C32H38N4O5. The number of amides is 4. The lowest BCUT2D eigenvalue weighted by molar-refractivity contribution is -0.141. The number of fused-ring (bicyclic) bond motifs is 1. The molecule has 2 unspecified atom stereocenters. The van der Waals surface area contributed by atoms with E-state index in [4.69, 9.17) is 10.5 Å². The fraction of sp³-hybridized carbons (Fsp3) is 0.312. The van der Waals surface area contributed by atoms with Crippen molar-refractivity contribution in [3.63, 3.8) is 0 Å². The van der Waals surface area contributed by atoms with E-state index in [9.17, 15) is 19.2 Å². The summed E-state index contributed by atoms with van der Waals surface area (Å²) < 4.78 is 5.31. The third-order valence-corrected chi connectivity index (χ3v) is 6.52. The Morgan fingerprint density at radius 3 is 2.32 bits per heavy atom. The fourth-order valence-electron chi connectivity index (χ4n) is 4.51. The normalized spacial score (nSPS) is 12.6. The third-order valence-electron chi connectivity index (χ3n) is 6.52. The van der Waals surface area contributed by atoms with E-state index >= 15 is 0 Å². The molecule has 0 aromatic heterocycles. The van der Waals surface area contributed by atoms with E-state index in [-0.39, 0.29) is 6.54 Å². The van der Waals surface area contributed by atoms with Gasteiger partial charge in [-0.3, -0.25) is 14.4 Å². The van der Waals surface area contributed by atoms with Gasteiger partial charge in [-0.15, -0.1) is 6.58 Å². The molecule has 3 rings (SSSR count). The Balaban J connectivity index is 2.06. The lowest BCUT2D eigenvalue weighted by Crippen LogP contribution is -2.53. The summed E-state index contributed by atoms with van der Waals surface area (Å²) in [5.74, 6) is -1.96. The van der Waals surface area contributed by atoms with Crippen LogP contribution in [0.2, 0.25) is 0 Å². The van der Waals surface area contributed by atoms with Crippen molar-refractivity contribution in [1.29, 1.82) is 0 Å². The molecule has 0 radical (unpaired) electrons. The summed E-state index contributed by atoms with van der Waals surface area (Å²) in [6, 6.07) is 16.3. The summed E-state index contributed by atoms with van der Waals surface area (Å²) in [5.41, 5.74) is 7.49. The van der Waals surface area contributed by atoms with Crippen LogP contribution in [0.15, 0.2) is 73.3 Å². The molecule has 9 nitrogen and oxygen atoms in total. The van der Waals surface area contributed by atoms with Crippen LogP contribution in [0.4, 0.5) is 10.5 Å². The number of aryl methyl sites for hydroxylation is 1. The summed E-state index contributed by atoms with van der Waals surface area (Å²) in [4.78, 5) is 53.9. The number of nitrogens with two attached hydrogens (primary N) is 1. The SMILES string of the molecule is C=CCN(C(=O)C(CC(N)=O)NC(=O)OC(C)(C)C)C(C(=O)Nc1ccc2ccccc2c1)c1cccc(C)c1C. The van der Waals surface area contributed by atoms with Crippen molar-refractivity contribution < 1.29 is 23.9 Å². The highest BCUT2D eigenvalue weighted by molar-refractivity contribution is 6.01. The highest BCUT2D eigenvalue weighted by atomic mass is 16.6. The number of rotatable bonds is 10. The summed E-state index contributed by atoms with van der Waals surface area (Å²) in [5, 5.41) is 7.38. The number of alkyl carbamates (subject to hydrolysis) is 1. The number of hydrogen-bond donors (Lipinski definition) is 3. The number of anilines is 1. The minimum absolute atomic E-state index is 0.0483. The van der Waals surface area contributed by atoms with Crippen LogP contribution < -0.4 is 16.4 Å². The van der Waals surface area contributed by atoms with E-state index in [1.54, 1.807) is 32.9 Å². The van der Waals surface area contributed by atoms with Gasteiger partial charge in [0.1, 0.15) is 17.7 Å². The van der Waals surface area contributed by atoms with Crippen molar-refractivity contribution >= 4 is 40.3 Å². The van der Waals surface area contributed by atoms with Gasteiger partial charge >= 0.3 is 6.09 Å². The number of benzene rings is 3. The fourth-order valence-corrected chi connectivity index (χ4v) is 4.51. The molecule has 3 aromatic carbocycles. The quantitative estimate of drug-likeness (QED) is 0.304. The second kappa shape index (κ2) is 13.1. The van der Waals surface area contributed by atoms with Crippen LogP contribution in [-0.4, -0.2) is 46.9 Å². The van der Waals surface area contributed by atoms with Crippen LogP contribution in [0.25, 0.3) is 10.8 Å². The molecule has 9 heteroatoms. The lowest BCUT2D eigenvalue weighted by atomic mass is 9.94. The Morgan fingerprint density at radius 2 is 1.68 bits per heavy atom. The van der Waals surface area contributed by atoms with E-state index in [1.165, 1.54) is 11.0 Å². The highest BCUT2D eigenvalue weighted by Crippen LogP contribution is 2.29. The molecule has 0 aliphatic rings. The van der Waals surface area contributed by atoms with E-state index in [1.807, 2.05) is 62.4 Å². The lowest BCUT2D eigenvalue weighted by Gasteiger charge is -2.34. The van der Waals surface area contributed by atoms with Gasteiger partial charge in [0.2, 0.25) is 11.8 Å². The van der Waals surface area contributed by atoms with Crippen molar-refractivity contribution in [2.45, 2.75) is 58.7 Å². The zero-order valence-corrected chi connectivity index (χ0v) is 24.2. The van der Waals surface area contributed by atoms with Crippen LogP contribution >= 0.6 is 0 Å². The Bertz CT molecular complexity index is 1460. The summed E-state index contributed by atoms with van der Waals surface area (Å²) in [7, 11) is 0. The Labute approximate surface area is 240 Å². The molecule has 0 heterocycles. The number of carbonyl (C=O) groups excluding carboxylic acids is 4. The molecule has 0 spiro atoms. The predicted molar refractivity (Wildman–Crippen MR) is 160 cm³/mol. The van der Waals surface area contributed by atoms with Gasteiger partial charge in [0.15, 0.2) is 0 Å². The standard InChI is InChI=1S/C32H38N4O5/c1-7-17-36(30(39)26(19-27(33)37)35-31(40)41-32(4,5)6)28(25-14-10-11-20(2)21(25)3)29(38)34-24-16-15-22-12-8-9-13-23(22)18-24/h7-16,18,26,28H,1,17,19H2,2-6H3,(H2,33,37)(H,34,38)(H,35,40). The first kappa shape index (κ1) is 30.9. The molecule has 4 N–H and O–H groups in total. The molecular weight excluding hydrogens is 520 g/mol. The monoisotopic (exact) mass is 558 g/mol. The molecule has 0 aliphatic carbocycles. The van der Waals surface area contributed by atoms with E-state index < -0.39 is 47.9 Å². The predicted octanol–water partition coefficient (Wildman–Crippen LogP) is 4.92. The van der Waals surface area contributed by atoms with E-state index in [0.717, 1.165) is 21.9 Å². The largest absolute Gasteiger partial charge is 0.444 e. The van der Waals surface area contributed by atoms with Crippen molar-refractivity contribution in [2.75, 3.05) is 11.9 Å². The Hall–Kier alpha value is -4.66. The minimum Gasteiger partial charge on any atom is -0.444 e. The van der Waals surface area contributed by atoms with Crippen LogP contribution in [-0.2, 0) is 19.1 Å². The van der Waals surface area contributed by atoms with Crippen LogP contribution in [0.5, 0.6) is 0 Å². The van der Waals surface area contributed by atoms with E-state index in [0.29, 0.717) is 11.3 Å². The number of hydrogen-bond acceptors (Lipinski definition) is 5. The average Bonchev–Trinajstić information content (AvgIpc) is 2.88. The maximum absolute atomic E-state index is 14.0. The van der Waals surface area contributed by atoms with Gasteiger partial charge in [-0.1, -0.05) is 54.6 Å². The van der Waals surface area contributed by atoms with Crippen LogP contribution in [0, 0.1) is 13.8 Å². The minimum atomic E-state index is -1.37. The van der Waals surface area contributed by atoms with Gasteiger partial charge in [-0.2, -0.15) is 0 Å². The molecule has 0 fully saturated rings. The first-order chi connectivity index (χ1) is 19.3. The van der Waals surface area contributed by atoms with Gasteiger partial charge in [-0.25, -0.2) is 4.79 Å². The zero-order chi connectivity index (χ0) is 30.3.